The fraction of sp³-hybridized carbons (Fsp3) is 0.625. The van der Waals surface area contributed by atoms with E-state index in [4.69, 9.17) is 0 Å². The molecule has 0 radical (unpaired) electrons. The van der Waals surface area contributed by atoms with E-state index in [-0.39, 0.29) is 0 Å². The van der Waals surface area contributed by atoms with Crippen LogP contribution in [0.15, 0.2) is 30.3 Å². The lowest BCUT2D eigenvalue weighted by Gasteiger charge is -2.34. The Kier molecular flexibility index (Phi) is 5.83. The molecule has 1 atom stereocenters. The van der Waals surface area contributed by atoms with Crippen LogP contribution in [0.4, 0.5) is 0 Å². The molecule has 1 unspecified atom stereocenters. The Hall–Kier alpha value is -0.860. The summed E-state index contributed by atoms with van der Waals surface area (Å²) in [7, 11) is 2.20. The van der Waals surface area contributed by atoms with E-state index in [1.165, 1.54) is 5.56 Å². The number of hydrogen-bond acceptors (Lipinski definition) is 2. The first-order valence-corrected chi connectivity index (χ1v) is 6.89. The highest BCUT2D eigenvalue weighted by Gasteiger charge is 2.24. The monoisotopic (exact) mass is 248 g/mol. The van der Waals surface area contributed by atoms with Gasteiger partial charge in [0.2, 0.25) is 0 Å². The summed E-state index contributed by atoms with van der Waals surface area (Å²) in [6.45, 7) is 12.2. The van der Waals surface area contributed by atoms with Gasteiger partial charge in [0.1, 0.15) is 0 Å². The number of rotatable bonds is 6. The fourth-order valence-corrected chi connectivity index (χ4v) is 2.16. The molecule has 0 heterocycles. The van der Waals surface area contributed by atoms with Gasteiger partial charge in [-0.05, 0) is 24.6 Å². The molecule has 1 aromatic carbocycles. The first-order valence-electron chi connectivity index (χ1n) is 6.89. The Morgan fingerprint density at radius 2 is 1.78 bits per heavy atom. The van der Waals surface area contributed by atoms with Crippen molar-refractivity contribution in [2.24, 2.45) is 5.41 Å². The standard InChI is InChI=1S/C16H28N2/c1-6-17-15(16(2,3)4)13-18(5)12-14-10-8-7-9-11-14/h7-11,15,17H,6,12-13H2,1-5H3. The smallest absolute Gasteiger partial charge is 0.0243 e. The summed E-state index contributed by atoms with van der Waals surface area (Å²) < 4.78 is 0. The van der Waals surface area contributed by atoms with E-state index in [1.807, 2.05) is 0 Å². The fourth-order valence-electron chi connectivity index (χ4n) is 2.16. The van der Waals surface area contributed by atoms with E-state index in [1.54, 1.807) is 0 Å². The van der Waals surface area contributed by atoms with Crippen molar-refractivity contribution in [1.29, 1.82) is 0 Å². The van der Waals surface area contributed by atoms with Crippen molar-refractivity contribution in [2.75, 3.05) is 20.1 Å². The third kappa shape index (κ3) is 5.19. The minimum absolute atomic E-state index is 0.293. The van der Waals surface area contributed by atoms with Crippen molar-refractivity contribution < 1.29 is 0 Å². The lowest BCUT2D eigenvalue weighted by molar-refractivity contribution is 0.192. The summed E-state index contributed by atoms with van der Waals surface area (Å²) in [5.74, 6) is 0. The first-order chi connectivity index (χ1) is 8.43. The Bertz CT molecular complexity index is 327. The van der Waals surface area contributed by atoms with E-state index >= 15 is 0 Å². The lowest BCUT2D eigenvalue weighted by atomic mass is 9.86. The van der Waals surface area contributed by atoms with E-state index in [0.717, 1.165) is 19.6 Å². The average Bonchev–Trinajstić information content (AvgIpc) is 2.28. The predicted molar refractivity (Wildman–Crippen MR) is 79.7 cm³/mol. The van der Waals surface area contributed by atoms with Crippen LogP contribution in [-0.2, 0) is 6.54 Å². The third-order valence-corrected chi connectivity index (χ3v) is 3.29. The molecule has 0 aliphatic heterocycles. The third-order valence-electron chi connectivity index (χ3n) is 3.29. The van der Waals surface area contributed by atoms with Gasteiger partial charge in [0.25, 0.3) is 0 Å². The average molecular weight is 248 g/mol. The molecule has 0 aliphatic rings. The van der Waals surface area contributed by atoms with Crippen molar-refractivity contribution in [1.82, 2.24) is 10.2 Å². The molecule has 0 saturated carbocycles. The van der Waals surface area contributed by atoms with Crippen molar-refractivity contribution in [2.45, 2.75) is 40.3 Å². The number of benzene rings is 1. The van der Waals surface area contributed by atoms with Crippen LogP contribution in [0.1, 0.15) is 33.3 Å². The maximum atomic E-state index is 3.60. The normalized spacial score (nSPS) is 13.9. The largest absolute Gasteiger partial charge is 0.312 e. The Morgan fingerprint density at radius 3 is 2.28 bits per heavy atom. The van der Waals surface area contributed by atoms with Crippen molar-refractivity contribution >= 4 is 0 Å². The Labute approximate surface area is 112 Å². The van der Waals surface area contributed by atoms with Crippen molar-refractivity contribution in [3.63, 3.8) is 0 Å². The minimum atomic E-state index is 0.293. The van der Waals surface area contributed by atoms with Crippen LogP contribution < -0.4 is 5.32 Å². The highest BCUT2D eigenvalue weighted by molar-refractivity contribution is 5.14. The van der Waals surface area contributed by atoms with Gasteiger partial charge in [0.15, 0.2) is 0 Å². The topological polar surface area (TPSA) is 15.3 Å². The maximum absolute atomic E-state index is 3.60. The Morgan fingerprint density at radius 1 is 1.17 bits per heavy atom. The highest BCUT2D eigenvalue weighted by atomic mass is 15.1. The molecule has 0 saturated heterocycles. The summed E-state index contributed by atoms with van der Waals surface area (Å²) >= 11 is 0. The van der Waals surface area contributed by atoms with Gasteiger partial charge >= 0.3 is 0 Å². The zero-order valence-electron chi connectivity index (χ0n) is 12.5. The van der Waals surface area contributed by atoms with E-state index in [2.05, 4.69) is 75.3 Å². The van der Waals surface area contributed by atoms with Gasteiger partial charge in [0.05, 0.1) is 0 Å². The lowest BCUT2D eigenvalue weighted by Crippen LogP contribution is -2.47. The molecular weight excluding hydrogens is 220 g/mol. The molecular formula is C16H28N2. The highest BCUT2D eigenvalue weighted by Crippen LogP contribution is 2.20. The molecule has 0 aromatic heterocycles. The van der Waals surface area contributed by atoms with Gasteiger partial charge in [-0.15, -0.1) is 0 Å². The quantitative estimate of drug-likeness (QED) is 0.832. The zero-order chi connectivity index (χ0) is 13.6. The molecule has 0 bridgehead atoms. The van der Waals surface area contributed by atoms with Gasteiger partial charge in [0, 0.05) is 19.1 Å². The molecule has 2 heteroatoms. The first kappa shape index (κ1) is 15.2. The second-order valence-electron chi connectivity index (χ2n) is 6.16. The summed E-state index contributed by atoms with van der Waals surface area (Å²) in [6, 6.07) is 11.2. The van der Waals surface area contributed by atoms with E-state index < -0.39 is 0 Å². The summed E-state index contributed by atoms with van der Waals surface area (Å²) in [5, 5.41) is 3.60. The van der Waals surface area contributed by atoms with Crippen LogP contribution in [0.5, 0.6) is 0 Å². The van der Waals surface area contributed by atoms with Gasteiger partial charge in [-0.25, -0.2) is 0 Å². The number of likely N-dealkylation sites (N-methyl/N-ethyl adjacent to an activating group) is 2. The van der Waals surface area contributed by atoms with Crippen LogP contribution in [0.25, 0.3) is 0 Å². The summed E-state index contributed by atoms with van der Waals surface area (Å²) in [6.07, 6.45) is 0. The predicted octanol–water partition coefficient (Wildman–Crippen LogP) is 3.14. The molecule has 102 valence electrons. The van der Waals surface area contributed by atoms with Gasteiger partial charge in [-0.3, -0.25) is 0 Å². The van der Waals surface area contributed by atoms with Crippen LogP contribution in [0.2, 0.25) is 0 Å². The van der Waals surface area contributed by atoms with E-state index in [0.29, 0.717) is 11.5 Å². The van der Waals surface area contributed by atoms with Crippen LogP contribution in [0.3, 0.4) is 0 Å². The summed E-state index contributed by atoms with van der Waals surface area (Å²) in [5.41, 5.74) is 1.67. The van der Waals surface area contributed by atoms with Gasteiger partial charge < -0.3 is 10.2 Å². The maximum Gasteiger partial charge on any atom is 0.0243 e. The van der Waals surface area contributed by atoms with Crippen LogP contribution >= 0.6 is 0 Å². The number of nitrogens with one attached hydrogen (secondary N) is 1. The molecule has 1 N–H and O–H groups in total. The van der Waals surface area contributed by atoms with Gasteiger partial charge in [-0.1, -0.05) is 58.0 Å². The molecule has 1 aromatic rings. The molecule has 0 fully saturated rings. The van der Waals surface area contributed by atoms with E-state index in [9.17, 15) is 0 Å². The summed E-state index contributed by atoms with van der Waals surface area (Å²) in [4.78, 5) is 2.40. The zero-order valence-corrected chi connectivity index (χ0v) is 12.5. The molecule has 0 amide bonds. The minimum Gasteiger partial charge on any atom is -0.312 e. The Balaban J connectivity index is 2.54. The molecule has 1 rings (SSSR count). The molecule has 18 heavy (non-hydrogen) atoms. The second kappa shape index (κ2) is 6.91. The van der Waals surface area contributed by atoms with Crippen molar-refractivity contribution in [3.05, 3.63) is 35.9 Å². The van der Waals surface area contributed by atoms with Crippen molar-refractivity contribution in [3.8, 4) is 0 Å². The molecule has 0 aliphatic carbocycles. The number of nitrogens with zero attached hydrogens (tertiary/aromatic N) is 1. The van der Waals surface area contributed by atoms with Crippen LogP contribution in [-0.4, -0.2) is 31.1 Å². The second-order valence-corrected chi connectivity index (χ2v) is 6.16. The number of hydrogen-bond donors (Lipinski definition) is 1. The van der Waals surface area contributed by atoms with Crippen LogP contribution in [0, 0.1) is 5.41 Å². The van der Waals surface area contributed by atoms with Gasteiger partial charge in [-0.2, -0.15) is 0 Å². The SMILES string of the molecule is CCNC(CN(C)Cc1ccccc1)C(C)(C)C. The molecule has 2 nitrogen and oxygen atoms in total. The molecule has 0 spiro atoms.